The van der Waals surface area contributed by atoms with Gasteiger partial charge in [0.05, 0.1) is 0 Å². The molecule has 0 radical (unpaired) electrons. The third-order valence-corrected chi connectivity index (χ3v) is 3.52. The molecule has 0 aromatic heterocycles. The van der Waals surface area contributed by atoms with Crippen molar-refractivity contribution < 1.29 is 0 Å². The van der Waals surface area contributed by atoms with Gasteiger partial charge in [0.1, 0.15) is 0 Å². The predicted octanol–water partition coefficient (Wildman–Crippen LogP) is 8.85. The van der Waals surface area contributed by atoms with Crippen LogP contribution in [0.25, 0.3) is 0 Å². The van der Waals surface area contributed by atoms with Gasteiger partial charge in [-0.15, -0.1) is 0 Å². The van der Waals surface area contributed by atoms with Gasteiger partial charge in [-0.3, -0.25) is 0 Å². The molecule has 0 fully saturated rings. The third-order valence-electron chi connectivity index (χ3n) is 3.52. The van der Waals surface area contributed by atoms with Crippen LogP contribution in [0.2, 0.25) is 0 Å². The van der Waals surface area contributed by atoms with Crippen LogP contribution in [0, 0.1) is 6.92 Å². The zero-order valence-corrected chi connectivity index (χ0v) is 17.5. The van der Waals surface area contributed by atoms with E-state index in [1.807, 2.05) is 54.6 Å². The Kier molecular flexibility index (Phi) is 25.4. The Hall–Kier alpha value is -1.56. The maximum absolute atomic E-state index is 2.23. The Morgan fingerprint density at radius 3 is 0.840 bits per heavy atom. The minimum absolute atomic E-state index is 1.32. The zero-order valence-electron chi connectivity index (χ0n) is 17.5. The van der Waals surface area contributed by atoms with Gasteiger partial charge in [0.25, 0.3) is 0 Å². The standard InChI is InChI=1S/C7H8.C6H6.2C6H14/c1-7-5-3-2-4-6-7;1-2-4-6-5-3-1;2*1-3-5-6-4-2/h2-6H,1H3;1-6H;2*3-6H2,1-2H3. The van der Waals surface area contributed by atoms with E-state index in [0.717, 1.165) is 0 Å². The van der Waals surface area contributed by atoms with Crippen molar-refractivity contribution >= 4 is 0 Å². The van der Waals surface area contributed by atoms with Gasteiger partial charge in [-0.25, -0.2) is 0 Å². The molecule has 2 rings (SSSR count). The summed E-state index contributed by atoms with van der Waals surface area (Å²) in [7, 11) is 0. The van der Waals surface area contributed by atoms with Gasteiger partial charge in [0.2, 0.25) is 0 Å². The van der Waals surface area contributed by atoms with E-state index in [-0.39, 0.29) is 0 Å². The summed E-state index contributed by atoms with van der Waals surface area (Å²) in [5, 5.41) is 0. The number of hydrogen-bond acceptors (Lipinski definition) is 0. The monoisotopic (exact) mass is 342 g/mol. The van der Waals surface area contributed by atoms with Crippen LogP contribution in [-0.4, -0.2) is 0 Å². The molecule has 0 nitrogen and oxygen atoms in total. The summed E-state index contributed by atoms with van der Waals surface area (Å²) < 4.78 is 0. The van der Waals surface area contributed by atoms with Gasteiger partial charge in [-0.1, -0.05) is 151 Å². The van der Waals surface area contributed by atoms with E-state index in [2.05, 4.69) is 46.8 Å². The van der Waals surface area contributed by atoms with E-state index in [1.54, 1.807) is 0 Å². The van der Waals surface area contributed by atoms with E-state index in [9.17, 15) is 0 Å². The lowest BCUT2D eigenvalue weighted by Gasteiger charge is -1.86. The molecule has 0 saturated carbocycles. The molecule has 0 aliphatic rings. The van der Waals surface area contributed by atoms with Crippen molar-refractivity contribution in [2.75, 3.05) is 0 Å². The first-order valence-corrected chi connectivity index (χ1v) is 10.2. The number of benzene rings is 2. The topological polar surface area (TPSA) is 0 Å². The SMILES string of the molecule is CCCCCC.CCCCCC.Cc1ccccc1.c1ccccc1. The van der Waals surface area contributed by atoms with Crippen molar-refractivity contribution in [3.63, 3.8) is 0 Å². The van der Waals surface area contributed by atoms with Gasteiger partial charge in [0.15, 0.2) is 0 Å². The van der Waals surface area contributed by atoms with Crippen LogP contribution in [0.4, 0.5) is 0 Å². The smallest absolute Gasteiger partial charge is 0.0398 e. The van der Waals surface area contributed by atoms with E-state index in [4.69, 9.17) is 0 Å². The largest absolute Gasteiger partial charge is 0.0654 e. The Balaban J connectivity index is 0. The van der Waals surface area contributed by atoms with Crippen LogP contribution in [0.15, 0.2) is 66.7 Å². The quantitative estimate of drug-likeness (QED) is 0.460. The molecule has 0 aliphatic heterocycles. The molecule has 0 heterocycles. The van der Waals surface area contributed by atoms with Crippen molar-refractivity contribution in [2.24, 2.45) is 0 Å². The average Bonchev–Trinajstić information content (AvgIpc) is 2.68. The van der Waals surface area contributed by atoms with Gasteiger partial charge >= 0.3 is 0 Å². The molecule has 25 heavy (non-hydrogen) atoms. The molecule has 142 valence electrons. The van der Waals surface area contributed by atoms with E-state index >= 15 is 0 Å². The van der Waals surface area contributed by atoms with Crippen LogP contribution in [0.5, 0.6) is 0 Å². The van der Waals surface area contributed by atoms with Crippen molar-refractivity contribution in [3.8, 4) is 0 Å². The first kappa shape index (κ1) is 25.7. The Morgan fingerprint density at radius 2 is 0.680 bits per heavy atom. The minimum atomic E-state index is 1.32. The van der Waals surface area contributed by atoms with Crippen molar-refractivity contribution in [2.45, 2.75) is 86.0 Å². The predicted molar refractivity (Wildman–Crippen MR) is 117 cm³/mol. The number of unbranched alkanes of at least 4 members (excludes halogenated alkanes) is 6. The fraction of sp³-hybridized carbons (Fsp3) is 0.520. The molecular formula is C25H42. The molecule has 2 aromatic rings. The highest BCUT2D eigenvalue weighted by atomic mass is 13.8. The Bertz CT molecular complexity index is 362. The second-order valence-corrected chi connectivity index (χ2v) is 6.22. The lowest BCUT2D eigenvalue weighted by atomic mass is 10.2. The van der Waals surface area contributed by atoms with E-state index in [1.165, 1.54) is 56.9 Å². The summed E-state index contributed by atoms with van der Waals surface area (Å²) in [5.74, 6) is 0. The summed E-state index contributed by atoms with van der Waals surface area (Å²) >= 11 is 0. The van der Waals surface area contributed by atoms with Crippen LogP contribution < -0.4 is 0 Å². The van der Waals surface area contributed by atoms with Gasteiger partial charge in [-0.05, 0) is 6.92 Å². The maximum Gasteiger partial charge on any atom is -0.0398 e. The zero-order chi connectivity index (χ0) is 19.0. The average molecular weight is 343 g/mol. The molecule has 0 saturated heterocycles. The van der Waals surface area contributed by atoms with E-state index in [0.29, 0.717) is 0 Å². The molecule has 0 spiro atoms. The second kappa shape index (κ2) is 24.7. The van der Waals surface area contributed by atoms with Crippen LogP contribution >= 0.6 is 0 Å². The highest BCUT2D eigenvalue weighted by Gasteiger charge is 1.76. The number of hydrogen-bond donors (Lipinski definition) is 0. The Morgan fingerprint density at radius 1 is 0.440 bits per heavy atom. The molecule has 0 N–H and O–H groups in total. The number of aryl methyl sites for hydroxylation is 1. The van der Waals surface area contributed by atoms with Gasteiger partial charge in [-0.2, -0.15) is 0 Å². The first-order chi connectivity index (χ1) is 12.2. The summed E-state index contributed by atoms with van der Waals surface area (Å²) in [5.41, 5.74) is 1.32. The fourth-order valence-corrected chi connectivity index (χ4v) is 1.92. The first-order valence-electron chi connectivity index (χ1n) is 10.2. The summed E-state index contributed by atoms with van der Waals surface area (Å²) in [6, 6.07) is 22.3. The minimum Gasteiger partial charge on any atom is -0.0654 e. The lowest BCUT2D eigenvalue weighted by Crippen LogP contribution is -1.66. The highest BCUT2D eigenvalue weighted by Crippen LogP contribution is 1.96. The van der Waals surface area contributed by atoms with Crippen LogP contribution in [-0.2, 0) is 0 Å². The summed E-state index contributed by atoms with van der Waals surface area (Å²) in [6.45, 7) is 11.0. The van der Waals surface area contributed by atoms with E-state index < -0.39 is 0 Å². The normalized spacial score (nSPS) is 8.68. The second-order valence-electron chi connectivity index (χ2n) is 6.22. The molecule has 0 bridgehead atoms. The van der Waals surface area contributed by atoms with Crippen molar-refractivity contribution in [1.29, 1.82) is 0 Å². The van der Waals surface area contributed by atoms with Gasteiger partial charge in [0, 0.05) is 0 Å². The lowest BCUT2D eigenvalue weighted by molar-refractivity contribution is 0.702. The van der Waals surface area contributed by atoms with Crippen molar-refractivity contribution in [3.05, 3.63) is 72.3 Å². The van der Waals surface area contributed by atoms with Crippen LogP contribution in [0.1, 0.15) is 84.6 Å². The third kappa shape index (κ3) is 27.6. The van der Waals surface area contributed by atoms with Crippen LogP contribution in [0.3, 0.4) is 0 Å². The molecule has 0 heteroatoms. The Labute approximate surface area is 158 Å². The number of rotatable bonds is 6. The summed E-state index contributed by atoms with van der Waals surface area (Å²) in [6.07, 6.45) is 11.1. The molecule has 0 amide bonds. The molecule has 0 unspecified atom stereocenters. The highest BCUT2D eigenvalue weighted by molar-refractivity contribution is 5.11. The maximum atomic E-state index is 2.23. The molecular weight excluding hydrogens is 300 g/mol. The van der Waals surface area contributed by atoms with Crippen molar-refractivity contribution in [1.82, 2.24) is 0 Å². The fourth-order valence-electron chi connectivity index (χ4n) is 1.92. The molecule has 2 aromatic carbocycles. The molecule has 0 aliphatic carbocycles. The summed E-state index contributed by atoms with van der Waals surface area (Å²) in [4.78, 5) is 0. The van der Waals surface area contributed by atoms with Gasteiger partial charge < -0.3 is 0 Å². The molecule has 0 atom stereocenters.